The summed E-state index contributed by atoms with van der Waals surface area (Å²) in [5.74, 6) is 0. The van der Waals surface area contributed by atoms with Gasteiger partial charge in [0.2, 0.25) is 0 Å². The van der Waals surface area contributed by atoms with E-state index in [1.165, 1.54) is 33.4 Å². The van der Waals surface area contributed by atoms with Crippen molar-refractivity contribution in [3.8, 4) is 0 Å². The van der Waals surface area contributed by atoms with E-state index in [0.717, 1.165) is 6.42 Å². The highest BCUT2D eigenvalue weighted by atomic mass is 14.2. The Morgan fingerprint density at radius 3 is 2.47 bits per heavy atom. The van der Waals surface area contributed by atoms with E-state index < -0.39 is 0 Å². The Hall–Kier alpha value is -1.82. The number of benzene rings is 2. The highest BCUT2D eigenvalue weighted by molar-refractivity contribution is 5.88. The van der Waals surface area contributed by atoms with Gasteiger partial charge in [-0.15, -0.1) is 0 Å². The molecule has 0 fully saturated rings. The van der Waals surface area contributed by atoms with E-state index in [-0.39, 0.29) is 0 Å². The molecule has 0 heteroatoms. The van der Waals surface area contributed by atoms with Crippen molar-refractivity contribution in [2.45, 2.75) is 20.3 Å². The lowest BCUT2D eigenvalue weighted by molar-refractivity contribution is 1.29. The van der Waals surface area contributed by atoms with Crippen molar-refractivity contribution in [3.05, 3.63) is 70.3 Å². The summed E-state index contributed by atoms with van der Waals surface area (Å²) in [5, 5.41) is 0. The van der Waals surface area contributed by atoms with E-state index in [2.05, 4.69) is 62.4 Å². The molecule has 0 heterocycles. The lowest BCUT2D eigenvalue weighted by Crippen LogP contribution is -1.88. The molecule has 0 N–H and O–H groups in total. The molecule has 0 amide bonds. The van der Waals surface area contributed by atoms with Crippen LogP contribution in [0.25, 0.3) is 11.6 Å². The van der Waals surface area contributed by atoms with Crippen LogP contribution in [0.2, 0.25) is 0 Å². The molecule has 0 radical (unpaired) electrons. The minimum Gasteiger partial charge on any atom is -0.0619 e. The third kappa shape index (κ3) is 1.80. The van der Waals surface area contributed by atoms with Crippen molar-refractivity contribution >= 4 is 11.6 Å². The zero-order chi connectivity index (χ0) is 11.8. The average Bonchev–Trinajstić information content (AvgIpc) is 2.76. The fourth-order valence-corrected chi connectivity index (χ4v) is 2.41. The van der Waals surface area contributed by atoms with Gasteiger partial charge in [-0.1, -0.05) is 48.5 Å². The lowest BCUT2D eigenvalue weighted by atomic mass is 9.99. The highest BCUT2D eigenvalue weighted by Gasteiger charge is 2.13. The van der Waals surface area contributed by atoms with Crippen LogP contribution in [-0.2, 0) is 6.42 Å². The summed E-state index contributed by atoms with van der Waals surface area (Å²) >= 11 is 0. The Morgan fingerprint density at radius 2 is 1.71 bits per heavy atom. The van der Waals surface area contributed by atoms with Gasteiger partial charge in [-0.05, 0) is 53.7 Å². The van der Waals surface area contributed by atoms with Gasteiger partial charge in [0, 0.05) is 0 Å². The first-order chi connectivity index (χ1) is 8.24. The Labute approximate surface area is 103 Å². The second kappa shape index (κ2) is 3.89. The number of hydrogen-bond donors (Lipinski definition) is 0. The van der Waals surface area contributed by atoms with Crippen LogP contribution in [-0.4, -0.2) is 0 Å². The molecule has 0 aliphatic heterocycles. The van der Waals surface area contributed by atoms with E-state index >= 15 is 0 Å². The normalized spacial score (nSPS) is 13.4. The minimum atomic E-state index is 1.07. The molecular formula is C17H16. The van der Waals surface area contributed by atoms with Crippen LogP contribution >= 0.6 is 0 Å². The molecular weight excluding hydrogens is 204 g/mol. The molecule has 0 spiro atoms. The maximum Gasteiger partial charge on any atom is -0.00137 e. The van der Waals surface area contributed by atoms with Gasteiger partial charge in [0.05, 0.1) is 0 Å². The Morgan fingerprint density at radius 1 is 0.882 bits per heavy atom. The first kappa shape index (κ1) is 10.3. The predicted octanol–water partition coefficient (Wildman–Crippen LogP) is 4.40. The molecule has 0 atom stereocenters. The zero-order valence-corrected chi connectivity index (χ0v) is 10.3. The summed E-state index contributed by atoms with van der Waals surface area (Å²) in [4.78, 5) is 0. The molecule has 84 valence electrons. The standard InChI is InChI=1S/C17H16/c1-12-7-8-16(9-13(12)2)17-10-14-5-3-4-6-15(14)11-17/h3-10H,11H2,1-2H3. The SMILES string of the molecule is Cc1ccc(C2=Cc3ccccc3C2)cc1C. The highest BCUT2D eigenvalue weighted by Crippen LogP contribution is 2.31. The number of rotatable bonds is 1. The van der Waals surface area contributed by atoms with E-state index in [4.69, 9.17) is 0 Å². The average molecular weight is 220 g/mol. The number of hydrogen-bond acceptors (Lipinski definition) is 0. The maximum absolute atomic E-state index is 2.32. The molecule has 17 heavy (non-hydrogen) atoms. The van der Waals surface area contributed by atoms with Gasteiger partial charge >= 0.3 is 0 Å². The number of aryl methyl sites for hydroxylation is 2. The lowest BCUT2D eigenvalue weighted by Gasteiger charge is -2.06. The first-order valence-electron chi connectivity index (χ1n) is 6.10. The Kier molecular flexibility index (Phi) is 2.36. The Bertz CT molecular complexity index is 603. The van der Waals surface area contributed by atoms with Crippen molar-refractivity contribution in [2.24, 2.45) is 0 Å². The molecule has 2 aromatic rings. The third-order valence-corrected chi connectivity index (χ3v) is 3.64. The van der Waals surface area contributed by atoms with Gasteiger partial charge in [0.1, 0.15) is 0 Å². The molecule has 0 nitrogen and oxygen atoms in total. The van der Waals surface area contributed by atoms with Gasteiger partial charge in [0.25, 0.3) is 0 Å². The monoisotopic (exact) mass is 220 g/mol. The molecule has 0 saturated heterocycles. The maximum atomic E-state index is 2.32. The second-order valence-electron chi connectivity index (χ2n) is 4.84. The van der Waals surface area contributed by atoms with E-state index in [1.807, 2.05) is 0 Å². The largest absolute Gasteiger partial charge is 0.0619 e. The van der Waals surface area contributed by atoms with Gasteiger partial charge in [0.15, 0.2) is 0 Å². The van der Waals surface area contributed by atoms with Gasteiger partial charge in [-0.3, -0.25) is 0 Å². The fourth-order valence-electron chi connectivity index (χ4n) is 2.41. The van der Waals surface area contributed by atoms with E-state index in [0.29, 0.717) is 0 Å². The van der Waals surface area contributed by atoms with Crippen molar-refractivity contribution in [3.63, 3.8) is 0 Å². The first-order valence-corrected chi connectivity index (χ1v) is 6.10. The molecule has 2 aromatic carbocycles. The number of fused-ring (bicyclic) bond motifs is 1. The summed E-state index contributed by atoms with van der Waals surface area (Å²) in [6.07, 6.45) is 3.39. The fraction of sp³-hybridized carbons (Fsp3) is 0.176. The molecule has 1 aliphatic carbocycles. The van der Waals surface area contributed by atoms with E-state index in [1.54, 1.807) is 0 Å². The van der Waals surface area contributed by atoms with Crippen molar-refractivity contribution in [2.75, 3.05) is 0 Å². The Balaban J connectivity index is 2.01. The van der Waals surface area contributed by atoms with E-state index in [9.17, 15) is 0 Å². The minimum absolute atomic E-state index is 1.07. The summed E-state index contributed by atoms with van der Waals surface area (Å²) < 4.78 is 0. The summed E-state index contributed by atoms with van der Waals surface area (Å²) in [7, 11) is 0. The molecule has 0 aromatic heterocycles. The van der Waals surface area contributed by atoms with Crippen molar-refractivity contribution in [1.29, 1.82) is 0 Å². The summed E-state index contributed by atoms with van der Waals surface area (Å²) in [6, 6.07) is 15.4. The summed E-state index contributed by atoms with van der Waals surface area (Å²) in [6.45, 7) is 4.35. The summed E-state index contributed by atoms with van der Waals surface area (Å²) in [5.41, 5.74) is 8.37. The number of allylic oxidation sites excluding steroid dienone is 1. The van der Waals surface area contributed by atoms with Crippen LogP contribution in [0.5, 0.6) is 0 Å². The van der Waals surface area contributed by atoms with Crippen LogP contribution in [0.4, 0.5) is 0 Å². The van der Waals surface area contributed by atoms with Crippen molar-refractivity contribution < 1.29 is 0 Å². The molecule has 0 unspecified atom stereocenters. The zero-order valence-electron chi connectivity index (χ0n) is 10.3. The van der Waals surface area contributed by atoms with Crippen LogP contribution in [0.15, 0.2) is 42.5 Å². The quantitative estimate of drug-likeness (QED) is 0.668. The topological polar surface area (TPSA) is 0 Å². The molecule has 0 bridgehead atoms. The molecule has 0 saturated carbocycles. The molecule has 3 rings (SSSR count). The predicted molar refractivity (Wildman–Crippen MR) is 73.9 cm³/mol. The van der Waals surface area contributed by atoms with Crippen LogP contribution in [0, 0.1) is 13.8 Å². The van der Waals surface area contributed by atoms with Crippen molar-refractivity contribution in [1.82, 2.24) is 0 Å². The van der Waals surface area contributed by atoms with Crippen LogP contribution < -0.4 is 0 Å². The van der Waals surface area contributed by atoms with Gasteiger partial charge < -0.3 is 0 Å². The molecule has 1 aliphatic rings. The second-order valence-corrected chi connectivity index (χ2v) is 4.84. The van der Waals surface area contributed by atoms with Gasteiger partial charge in [-0.2, -0.15) is 0 Å². The van der Waals surface area contributed by atoms with Crippen LogP contribution in [0.3, 0.4) is 0 Å². The third-order valence-electron chi connectivity index (χ3n) is 3.64. The smallest absolute Gasteiger partial charge is 0.00137 e. The van der Waals surface area contributed by atoms with Crippen LogP contribution in [0.1, 0.15) is 27.8 Å². The van der Waals surface area contributed by atoms with Gasteiger partial charge in [-0.25, -0.2) is 0 Å².